The standard InChI is InChI=1S/C16H19ClN2O4S/c1-10(2)16(3,9-18)19-14(21)8-23-15(22)7-4-11(20)12-5-6-13(17)24-12/h5-6,10H,4,7-8H2,1-3H3,(H,19,21)/t16-/m0/s1. The largest absolute Gasteiger partial charge is 0.456 e. The second kappa shape index (κ2) is 8.81. The van der Waals surface area contributed by atoms with E-state index in [1.807, 2.05) is 6.07 Å². The number of nitrogens with one attached hydrogen (secondary N) is 1. The van der Waals surface area contributed by atoms with Crippen LogP contribution in [0, 0.1) is 17.2 Å². The molecule has 1 aromatic heterocycles. The fourth-order valence-electron chi connectivity index (χ4n) is 1.65. The molecule has 0 aromatic carbocycles. The summed E-state index contributed by atoms with van der Waals surface area (Å²) in [5.41, 5.74) is -1.03. The van der Waals surface area contributed by atoms with Crippen molar-refractivity contribution in [1.82, 2.24) is 5.32 Å². The Morgan fingerprint density at radius 1 is 1.38 bits per heavy atom. The molecule has 8 heteroatoms. The van der Waals surface area contributed by atoms with E-state index >= 15 is 0 Å². The number of amides is 1. The zero-order valence-corrected chi connectivity index (χ0v) is 15.3. The summed E-state index contributed by atoms with van der Waals surface area (Å²) in [6, 6.07) is 5.24. The maximum Gasteiger partial charge on any atom is 0.306 e. The van der Waals surface area contributed by atoms with Gasteiger partial charge in [0.15, 0.2) is 12.4 Å². The molecule has 0 saturated heterocycles. The van der Waals surface area contributed by atoms with E-state index in [1.165, 1.54) is 0 Å². The minimum Gasteiger partial charge on any atom is -0.456 e. The number of carbonyl (C=O) groups is 3. The number of hydrogen-bond acceptors (Lipinski definition) is 6. The van der Waals surface area contributed by atoms with Crippen LogP contribution in [0.5, 0.6) is 0 Å². The van der Waals surface area contributed by atoms with Crippen LogP contribution in [0.3, 0.4) is 0 Å². The topological polar surface area (TPSA) is 96.3 Å². The number of thiophene rings is 1. The van der Waals surface area contributed by atoms with E-state index in [4.69, 9.17) is 21.6 Å². The van der Waals surface area contributed by atoms with Crippen LogP contribution in [0.1, 0.15) is 43.3 Å². The van der Waals surface area contributed by atoms with E-state index in [0.29, 0.717) is 9.21 Å². The van der Waals surface area contributed by atoms with Gasteiger partial charge in [0, 0.05) is 6.42 Å². The Labute approximate surface area is 149 Å². The van der Waals surface area contributed by atoms with E-state index in [0.717, 1.165) is 11.3 Å². The number of carbonyl (C=O) groups excluding carboxylic acids is 3. The average molecular weight is 371 g/mol. The van der Waals surface area contributed by atoms with Crippen molar-refractivity contribution in [2.24, 2.45) is 5.92 Å². The SMILES string of the molecule is CC(C)[C@](C)(C#N)NC(=O)COC(=O)CCC(=O)c1ccc(Cl)s1. The number of nitrogens with zero attached hydrogens (tertiary/aromatic N) is 1. The molecule has 1 aromatic rings. The number of esters is 1. The Bertz CT molecular complexity index is 665. The summed E-state index contributed by atoms with van der Waals surface area (Å²) in [4.78, 5) is 35.7. The van der Waals surface area contributed by atoms with Crippen molar-refractivity contribution in [3.63, 3.8) is 0 Å². The number of halogens is 1. The highest BCUT2D eigenvalue weighted by atomic mass is 35.5. The minimum absolute atomic E-state index is 0.0147. The Kier molecular flexibility index (Phi) is 7.39. The quantitative estimate of drug-likeness (QED) is 0.560. The Balaban J connectivity index is 2.37. The number of Topliss-reactive ketones (excluding diaryl/α,β-unsaturated/α-hetero) is 1. The molecule has 0 aliphatic rings. The van der Waals surface area contributed by atoms with Crippen molar-refractivity contribution in [2.75, 3.05) is 6.61 Å². The Morgan fingerprint density at radius 2 is 2.04 bits per heavy atom. The first-order chi connectivity index (χ1) is 11.2. The minimum atomic E-state index is -1.03. The molecule has 1 heterocycles. The first-order valence-corrected chi connectivity index (χ1v) is 8.54. The lowest BCUT2D eigenvalue weighted by atomic mass is 9.90. The summed E-state index contributed by atoms with van der Waals surface area (Å²) in [5.74, 6) is -1.51. The Hall–Kier alpha value is -1.91. The van der Waals surface area contributed by atoms with E-state index in [9.17, 15) is 14.4 Å². The van der Waals surface area contributed by atoms with Crippen molar-refractivity contribution in [2.45, 2.75) is 39.2 Å². The summed E-state index contributed by atoms with van der Waals surface area (Å²) >= 11 is 6.89. The summed E-state index contributed by atoms with van der Waals surface area (Å²) in [6.07, 6.45) is -0.138. The van der Waals surface area contributed by atoms with Gasteiger partial charge >= 0.3 is 5.97 Å². The van der Waals surface area contributed by atoms with Crippen molar-refractivity contribution in [3.8, 4) is 6.07 Å². The van der Waals surface area contributed by atoms with Gasteiger partial charge in [0.25, 0.3) is 5.91 Å². The van der Waals surface area contributed by atoms with Gasteiger partial charge in [-0.1, -0.05) is 25.4 Å². The maximum atomic E-state index is 11.8. The van der Waals surface area contributed by atoms with Crippen molar-refractivity contribution in [1.29, 1.82) is 5.26 Å². The molecule has 0 aliphatic heterocycles. The highest BCUT2D eigenvalue weighted by molar-refractivity contribution is 7.18. The predicted molar refractivity (Wildman–Crippen MR) is 90.9 cm³/mol. The van der Waals surface area contributed by atoms with Gasteiger partial charge in [0.1, 0.15) is 5.54 Å². The van der Waals surface area contributed by atoms with Gasteiger partial charge in [0.2, 0.25) is 0 Å². The predicted octanol–water partition coefficient (Wildman–Crippen LogP) is 2.96. The van der Waals surface area contributed by atoms with Gasteiger partial charge in [-0.15, -0.1) is 11.3 Å². The molecular weight excluding hydrogens is 352 g/mol. The number of rotatable bonds is 8. The molecule has 0 radical (unpaired) electrons. The third-order valence-corrected chi connectivity index (χ3v) is 4.83. The smallest absolute Gasteiger partial charge is 0.306 e. The normalized spacial score (nSPS) is 13.0. The molecule has 0 aliphatic carbocycles. The molecule has 1 rings (SSSR count). The van der Waals surface area contributed by atoms with Gasteiger partial charge in [0.05, 0.1) is 21.7 Å². The zero-order valence-electron chi connectivity index (χ0n) is 13.7. The summed E-state index contributed by atoms with van der Waals surface area (Å²) in [6.45, 7) is 4.72. The van der Waals surface area contributed by atoms with Gasteiger partial charge in [-0.3, -0.25) is 14.4 Å². The van der Waals surface area contributed by atoms with Gasteiger partial charge in [-0.2, -0.15) is 5.26 Å². The fraction of sp³-hybridized carbons (Fsp3) is 0.500. The molecule has 0 bridgehead atoms. The molecular formula is C16H19ClN2O4S. The second-order valence-corrected chi connectivity index (χ2v) is 7.42. The third kappa shape index (κ3) is 5.95. The summed E-state index contributed by atoms with van der Waals surface area (Å²) in [7, 11) is 0. The molecule has 1 N–H and O–H groups in total. The van der Waals surface area contributed by atoms with Crippen LogP contribution in [0.25, 0.3) is 0 Å². The molecule has 1 atom stereocenters. The molecule has 0 unspecified atom stereocenters. The van der Waals surface area contributed by atoms with E-state index < -0.39 is 24.0 Å². The van der Waals surface area contributed by atoms with E-state index in [2.05, 4.69) is 5.32 Å². The zero-order chi connectivity index (χ0) is 18.3. The second-order valence-electron chi connectivity index (χ2n) is 5.70. The Morgan fingerprint density at radius 3 is 2.54 bits per heavy atom. The molecule has 0 spiro atoms. The van der Waals surface area contributed by atoms with Crippen LogP contribution in [-0.4, -0.2) is 29.8 Å². The molecule has 1 amide bonds. The number of hydrogen-bond donors (Lipinski definition) is 1. The molecule has 6 nitrogen and oxygen atoms in total. The van der Waals surface area contributed by atoms with E-state index in [1.54, 1.807) is 32.9 Å². The number of ether oxygens (including phenoxy) is 1. The lowest BCUT2D eigenvalue weighted by Crippen LogP contribution is -2.50. The number of ketones is 1. The maximum absolute atomic E-state index is 11.8. The first kappa shape index (κ1) is 20.1. The number of nitriles is 1. The molecule has 0 saturated carbocycles. The lowest BCUT2D eigenvalue weighted by molar-refractivity contribution is -0.148. The van der Waals surface area contributed by atoms with Crippen LogP contribution in [0.2, 0.25) is 4.34 Å². The molecule has 24 heavy (non-hydrogen) atoms. The summed E-state index contributed by atoms with van der Waals surface area (Å²) in [5, 5.41) is 11.7. The van der Waals surface area contributed by atoms with Crippen molar-refractivity contribution in [3.05, 3.63) is 21.3 Å². The van der Waals surface area contributed by atoms with Crippen molar-refractivity contribution < 1.29 is 19.1 Å². The van der Waals surface area contributed by atoms with Crippen LogP contribution in [0.4, 0.5) is 0 Å². The van der Waals surface area contributed by atoms with Gasteiger partial charge < -0.3 is 10.1 Å². The first-order valence-electron chi connectivity index (χ1n) is 7.34. The van der Waals surface area contributed by atoms with Gasteiger partial charge in [-0.05, 0) is 25.0 Å². The fourth-order valence-corrected chi connectivity index (χ4v) is 2.66. The van der Waals surface area contributed by atoms with Crippen LogP contribution in [0.15, 0.2) is 12.1 Å². The van der Waals surface area contributed by atoms with Crippen molar-refractivity contribution >= 4 is 40.6 Å². The highest BCUT2D eigenvalue weighted by Crippen LogP contribution is 2.23. The van der Waals surface area contributed by atoms with Crippen LogP contribution >= 0.6 is 22.9 Å². The third-order valence-electron chi connectivity index (χ3n) is 3.55. The van der Waals surface area contributed by atoms with Gasteiger partial charge in [-0.25, -0.2) is 0 Å². The van der Waals surface area contributed by atoms with Crippen LogP contribution < -0.4 is 5.32 Å². The molecule has 0 fully saturated rings. The summed E-state index contributed by atoms with van der Waals surface area (Å²) < 4.78 is 5.33. The monoisotopic (exact) mass is 370 g/mol. The average Bonchev–Trinajstić information content (AvgIpc) is 2.96. The van der Waals surface area contributed by atoms with E-state index in [-0.39, 0.29) is 24.5 Å². The highest BCUT2D eigenvalue weighted by Gasteiger charge is 2.30. The van der Waals surface area contributed by atoms with Crippen LogP contribution in [-0.2, 0) is 14.3 Å². The lowest BCUT2D eigenvalue weighted by Gasteiger charge is -2.27. The molecule has 130 valence electrons.